The number of anilines is 1. The van der Waals surface area contributed by atoms with Gasteiger partial charge in [0.15, 0.2) is 17.3 Å². The second-order valence-electron chi connectivity index (χ2n) is 5.16. The lowest BCUT2D eigenvalue weighted by Gasteiger charge is -2.17. The lowest BCUT2D eigenvalue weighted by Crippen LogP contribution is -2.10. The number of benzene rings is 1. The average molecular weight is 369 g/mol. The maximum atomic E-state index is 11.7. The molecular weight excluding hydrogens is 346 g/mol. The smallest absolute Gasteiger partial charge is 0.250 e. The van der Waals surface area contributed by atoms with Crippen LogP contribution in [-0.4, -0.2) is 43.7 Å². The summed E-state index contributed by atoms with van der Waals surface area (Å²) < 4.78 is 41.2. The van der Waals surface area contributed by atoms with Gasteiger partial charge in [0, 0.05) is 5.56 Å². The first-order valence-corrected chi connectivity index (χ1v) is 9.79. The molecule has 0 atom stereocenters. The topological polar surface area (TPSA) is 106 Å². The van der Waals surface area contributed by atoms with Crippen molar-refractivity contribution in [3.05, 3.63) is 18.3 Å². The van der Waals surface area contributed by atoms with Gasteiger partial charge in [-0.15, -0.1) is 5.10 Å². The first kappa shape index (κ1) is 18.9. The molecule has 0 unspecified atom stereocenters. The van der Waals surface area contributed by atoms with E-state index in [-0.39, 0.29) is 5.82 Å². The van der Waals surface area contributed by atoms with Crippen LogP contribution < -0.4 is 19.9 Å². The average Bonchev–Trinajstić information content (AvgIpc) is 2.93. The highest BCUT2D eigenvalue weighted by Gasteiger charge is 2.19. The van der Waals surface area contributed by atoms with Crippen molar-refractivity contribution in [2.75, 3.05) is 31.8 Å². The van der Waals surface area contributed by atoms with Gasteiger partial charge in [0.05, 0.1) is 32.3 Å². The van der Waals surface area contributed by atoms with Gasteiger partial charge in [0.25, 0.3) is 10.0 Å². The van der Waals surface area contributed by atoms with Crippen LogP contribution in [0, 0.1) is 0 Å². The second kappa shape index (κ2) is 7.64. The molecule has 0 spiro atoms. The molecule has 2 rings (SSSR count). The molecule has 0 saturated heterocycles. The Balaban J connectivity index is 2.63. The quantitative estimate of drug-likeness (QED) is 0.760. The molecule has 138 valence electrons. The Kier molecular flexibility index (Phi) is 5.78. The summed E-state index contributed by atoms with van der Waals surface area (Å²) in [5.41, 5.74) is 7.00. The molecule has 0 fully saturated rings. The number of hydrogen-bond donors (Lipinski definition) is 1. The standard InChI is InChI=1S/C16H23N3O5S/c1-5-22-13-8-11(9-14(23-6-2)15(13)24-7-3)12-10-19(18-16(12)17)25(4,20)21/h8-10H,5-7H2,1-4H3,(H2,17,18). The maximum Gasteiger partial charge on any atom is 0.250 e. The minimum atomic E-state index is -3.53. The molecule has 1 heterocycles. The lowest BCUT2D eigenvalue weighted by atomic mass is 10.1. The monoisotopic (exact) mass is 369 g/mol. The van der Waals surface area contributed by atoms with Crippen molar-refractivity contribution in [1.82, 2.24) is 9.19 Å². The van der Waals surface area contributed by atoms with Gasteiger partial charge < -0.3 is 19.9 Å². The van der Waals surface area contributed by atoms with E-state index in [2.05, 4.69) is 5.10 Å². The Morgan fingerprint density at radius 1 is 1.04 bits per heavy atom. The molecule has 0 aliphatic heterocycles. The largest absolute Gasteiger partial charge is 0.490 e. The van der Waals surface area contributed by atoms with Crippen LogP contribution in [0.5, 0.6) is 17.2 Å². The molecule has 0 aliphatic rings. The van der Waals surface area contributed by atoms with Crippen molar-refractivity contribution in [1.29, 1.82) is 0 Å². The van der Waals surface area contributed by atoms with E-state index in [0.29, 0.717) is 48.2 Å². The van der Waals surface area contributed by atoms with Crippen molar-refractivity contribution in [2.45, 2.75) is 20.8 Å². The highest BCUT2D eigenvalue weighted by atomic mass is 32.2. The predicted molar refractivity (Wildman–Crippen MR) is 95.8 cm³/mol. The number of nitrogen functional groups attached to an aromatic ring is 1. The number of aromatic nitrogens is 2. The van der Waals surface area contributed by atoms with Crippen LogP contribution in [0.1, 0.15) is 20.8 Å². The van der Waals surface area contributed by atoms with Gasteiger partial charge in [0.1, 0.15) is 0 Å². The van der Waals surface area contributed by atoms with E-state index >= 15 is 0 Å². The summed E-state index contributed by atoms with van der Waals surface area (Å²) in [7, 11) is -3.53. The third-order valence-corrected chi connectivity index (χ3v) is 4.15. The lowest BCUT2D eigenvalue weighted by molar-refractivity contribution is 0.261. The van der Waals surface area contributed by atoms with Gasteiger partial charge in [-0.3, -0.25) is 0 Å². The summed E-state index contributed by atoms with van der Waals surface area (Å²) in [5.74, 6) is 1.59. The Labute approximate surface area is 147 Å². The highest BCUT2D eigenvalue weighted by Crippen LogP contribution is 2.42. The fourth-order valence-electron chi connectivity index (χ4n) is 2.30. The molecular formula is C16H23N3O5S. The molecule has 1 aromatic carbocycles. The number of nitrogens with zero attached hydrogens (tertiary/aromatic N) is 2. The van der Waals surface area contributed by atoms with Crippen molar-refractivity contribution >= 4 is 15.8 Å². The van der Waals surface area contributed by atoms with Crippen molar-refractivity contribution in [3.8, 4) is 28.4 Å². The van der Waals surface area contributed by atoms with E-state index in [0.717, 1.165) is 10.3 Å². The molecule has 2 N–H and O–H groups in total. The predicted octanol–water partition coefficient (Wildman–Crippen LogP) is 2.14. The van der Waals surface area contributed by atoms with E-state index in [1.165, 1.54) is 6.20 Å². The van der Waals surface area contributed by atoms with Crippen LogP contribution in [0.25, 0.3) is 11.1 Å². The molecule has 0 bridgehead atoms. The van der Waals surface area contributed by atoms with Crippen LogP contribution in [0.3, 0.4) is 0 Å². The van der Waals surface area contributed by atoms with Gasteiger partial charge in [-0.1, -0.05) is 0 Å². The zero-order chi connectivity index (χ0) is 18.6. The minimum Gasteiger partial charge on any atom is -0.490 e. The molecule has 9 heteroatoms. The number of rotatable bonds is 8. The van der Waals surface area contributed by atoms with Crippen LogP contribution in [0.2, 0.25) is 0 Å². The fourth-order valence-corrected chi connectivity index (χ4v) is 2.84. The van der Waals surface area contributed by atoms with Crippen LogP contribution in [-0.2, 0) is 10.0 Å². The molecule has 25 heavy (non-hydrogen) atoms. The normalized spacial score (nSPS) is 11.4. The summed E-state index contributed by atoms with van der Waals surface area (Å²) in [6, 6.07) is 3.47. The molecule has 0 amide bonds. The zero-order valence-corrected chi connectivity index (χ0v) is 15.6. The third-order valence-electron chi connectivity index (χ3n) is 3.28. The summed E-state index contributed by atoms with van der Waals surface area (Å²) in [4.78, 5) is 0. The van der Waals surface area contributed by atoms with Crippen LogP contribution in [0.15, 0.2) is 18.3 Å². The Bertz CT molecular complexity index is 818. The Hall–Kier alpha value is -2.42. The Morgan fingerprint density at radius 3 is 1.96 bits per heavy atom. The van der Waals surface area contributed by atoms with E-state index in [1.54, 1.807) is 12.1 Å². The first-order chi connectivity index (χ1) is 11.8. The van der Waals surface area contributed by atoms with Crippen molar-refractivity contribution in [2.24, 2.45) is 0 Å². The summed E-state index contributed by atoms with van der Waals surface area (Å²) in [6.07, 6.45) is 2.42. The van der Waals surface area contributed by atoms with E-state index < -0.39 is 10.0 Å². The molecule has 8 nitrogen and oxygen atoms in total. The third kappa shape index (κ3) is 4.16. The van der Waals surface area contributed by atoms with E-state index in [9.17, 15) is 8.42 Å². The van der Waals surface area contributed by atoms with Gasteiger partial charge >= 0.3 is 0 Å². The molecule has 1 aromatic heterocycles. The van der Waals surface area contributed by atoms with Crippen LogP contribution in [0.4, 0.5) is 5.82 Å². The van der Waals surface area contributed by atoms with Gasteiger partial charge in [0.2, 0.25) is 5.75 Å². The molecule has 0 aliphatic carbocycles. The minimum absolute atomic E-state index is 0.0967. The second-order valence-corrected chi connectivity index (χ2v) is 7.00. The fraction of sp³-hybridized carbons (Fsp3) is 0.438. The van der Waals surface area contributed by atoms with Crippen LogP contribution >= 0.6 is 0 Å². The number of nitrogens with two attached hydrogens (primary N) is 1. The number of hydrogen-bond acceptors (Lipinski definition) is 7. The van der Waals surface area contributed by atoms with E-state index in [1.807, 2.05) is 20.8 Å². The van der Waals surface area contributed by atoms with Crippen molar-refractivity contribution < 1.29 is 22.6 Å². The maximum absolute atomic E-state index is 11.7. The Morgan fingerprint density at radius 2 is 1.56 bits per heavy atom. The van der Waals surface area contributed by atoms with Crippen molar-refractivity contribution in [3.63, 3.8) is 0 Å². The number of ether oxygens (including phenoxy) is 3. The summed E-state index contributed by atoms with van der Waals surface area (Å²) >= 11 is 0. The summed E-state index contributed by atoms with van der Waals surface area (Å²) in [5, 5.41) is 3.86. The first-order valence-electron chi connectivity index (χ1n) is 7.94. The SMILES string of the molecule is CCOc1cc(-c2cn(S(C)(=O)=O)nc2N)cc(OCC)c1OCC. The molecule has 0 saturated carbocycles. The molecule has 2 aromatic rings. The van der Waals surface area contributed by atoms with E-state index in [4.69, 9.17) is 19.9 Å². The highest BCUT2D eigenvalue weighted by molar-refractivity contribution is 7.89. The van der Waals surface area contributed by atoms with Gasteiger partial charge in [-0.2, -0.15) is 4.09 Å². The van der Waals surface area contributed by atoms with Gasteiger partial charge in [-0.25, -0.2) is 8.42 Å². The summed E-state index contributed by atoms with van der Waals surface area (Å²) in [6.45, 7) is 6.92. The zero-order valence-electron chi connectivity index (χ0n) is 14.8. The molecule has 0 radical (unpaired) electrons. The van der Waals surface area contributed by atoms with Gasteiger partial charge in [-0.05, 0) is 38.5 Å².